The second-order valence-corrected chi connectivity index (χ2v) is 4.42. The molecule has 0 N–H and O–H groups in total. The third kappa shape index (κ3) is 1.91. The van der Waals surface area contributed by atoms with Crippen LogP contribution in [0.1, 0.15) is 0 Å². The fraction of sp³-hybridized carbons (Fsp3) is 0. The Morgan fingerprint density at radius 3 is 2.71 bits per heavy atom. The third-order valence-electron chi connectivity index (χ3n) is 2.54. The maximum atomic E-state index is 4.41. The van der Waals surface area contributed by atoms with Crippen LogP contribution in [0.2, 0.25) is 0 Å². The predicted molar refractivity (Wildman–Crippen MR) is 70.5 cm³/mol. The van der Waals surface area contributed by atoms with Gasteiger partial charge in [-0.05, 0) is 28.1 Å². The van der Waals surface area contributed by atoms with Gasteiger partial charge in [0, 0.05) is 17.1 Å². The molecule has 0 amide bonds. The van der Waals surface area contributed by atoms with E-state index in [1.54, 1.807) is 12.5 Å². The predicted octanol–water partition coefficient (Wildman–Crippen LogP) is 3.45. The lowest BCUT2D eigenvalue weighted by molar-refractivity contribution is 1.14. The standard InChI is InChI=1S/C13H8BrN3/c14-12-7-11(16-8-17-12)10-5-1-3-9-4-2-6-15-13(9)10/h1-8H. The topological polar surface area (TPSA) is 38.7 Å². The Morgan fingerprint density at radius 2 is 1.82 bits per heavy atom. The summed E-state index contributed by atoms with van der Waals surface area (Å²) in [7, 11) is 0. The van der Waals surface area contributed by atoms with E-state index >= 15 is 0 Å². The van der Waals surface area contributed by atoms with Crippen molar-refractivity contribution in [3.63, 3.8) is 0 Å². The number of pyridine rings is 1. The van der Waals surface area contributed by atoms with Gasteiger partial charge in [-0.25, -0.2) is 9.97 Å². The summed E-state index contributed by atoms with van der Waals surface area (Å²) in [5.41, 5.74) is 2.85. The highest BCUT2D eigenvalue weighted by Gasteiger charge is 2.06. The lowest BCUT2D eigenvalue weighted by Crippen LogP contribution is -1.88. The first-order chi connectivity index (χ1) is 8.34. The molecule has 1 aromatic carbocycles. The Hall–Kier alpha value is -1.81. The largest absolute Gasteiger partial charge is 0.256 e. The van der Waals surface area contributed by atoms with Gasteiger partial charge in [-0.1, -0.05) is 24.3 Å². The normalized spacial score (nSPS) is 10.6. The zero-order valence-electron chi connectivity index (χ0n) is 8.84. The van der Waals surface area contributed by atoms with Crippen LogP contribution in [-0.4, -0.2) is 15.0 Å². The molecule has 0 aliphatic heterocycles. The highest BCUT2D eigenvalue weighted by Crippen LogP contribution is 2.26. The number of hydrogen-bond acceptors (Lipinski definition) is 3. The van der Waals surface area contributed by atoms with Crippen LogP contribution in [-0.2, 0) is 0 Å². The van der Waals surface area contributed by atoms with Crippen molar-refractivity contribution in [2.45, 2.75) is 0 Å². The first-order valence-corrected chi connectivity index (χ1v) is 5.95. The molecule has 0 radical (unpaired) electrons. The molecular formula is C13H8BrN3. The summed E-state index contributed by atoms with van der Waals surface area (Å²) in [6.07, 6.45) is 3.34. The van der Waals surface area contributed by atoms with Gasteiger partial charge in [0.1, 0.15) is 10.9 Å². The number of hydrogen-bond donors (Lipinski definition) is 0. The van der Waals surface area contributed by atoms with Gasteiger partial charge in [-0.15, -0.1) is 0 Å². The van der Waals surface area contributed by atoms with Crippen LogP contribution in [0, 0.1) is 0 Å². The second kappa shape index (κ2) is 4.22. The van der Waals surface area contributed by atoms with E-state index in [0.29, 0.717) is 0 Å². The number of para-hydroxylation sites is 1. The van der Waals surface area contributed by atoms with Gasteiger partial charge in [0.2, 0.25) is 0 Å². The first-order valence-electron chi connectivity index (χ1n) is 5.16. The Morgan fingerprint density at radius 1 is 0.941 bits per heavy atom. The van der Waals surface area contributed by atoms with Crippen LogP contribution in [0.4, 0.5) is 0 Å². The molecular weight excluding hydrogens is 278 g/mol. The minimum Gasteiger partial charge on any atom is -0.256 e. The highest BCUT2D eigenvalue weighted by atomic mass is 79.9. The fourth-order valence-electron chi connectivity index (χ4n) is 1.79. The zero-order chi connectivity index (χ0) is 11.7. The highest BCUT2D eigenvalue weighted by molar-refractivity contribution is 9.10. The van der Waals surface area contributed by atoms with Crippen LogP contribution in [0.25, 0.3) is 22.2 Å². The average Bonchev–Trinajstić information content (AvgIpc) is 2.38. The van der Waals surface area contributed by atoms with Crippen molar-refractivity contribution in [1.82, 2.24) is 15.0 Å². The molecule has 3 nitrogen and oxygen atoms in total. The monoisotopic (exact) mass is 285 g/mol. The van der Waals surface area contributed by atoms with Crippen molar-refractivity contribution in [2.75, 3.05) is 0 Å². The molecule has 3 aromatic rings. The van der Waals surface area contributed by atoms with E-state index < -0.39 is 0 Å². The molecule has 0 saturated carbocycles. The van der Waals surface area contributed by atoms with Crippen molar-refractivity contribution in [1.29, 1.82) is 0 Å². The summed E-state index contributed by atoms with van der Waals surface area (Å²) in [6, 6.07) is 11.9. The van der Waals surface area contributed by atoms with Gasteiger partial charge in [0.05, 0.1) is 11.2 Å². The van der Waals surface area contributed by atoms with Gasteiger partial charge in [0.25, 0.3) is 0 Å². The molecule has 0 aliphatic carbocycles. The SMILES string of the molecule is Brc1cc(-c2cccc3cccnc23)ncn1. The molecule has 0 unspecified atom stereocenters. The van der Waals surface area contributed by atoms with Gasteiger partial charge in [-0.2, -0.15) is 0 Å². The molecule has 0 spiro atoms. The molecule has 82 valence electrons. The van der Waals surface area contributed by atoms with Crippen LogP contribution >= 0.6 is 15.9 Å². The Balaban J connectivity index is 2.30. The van der Waals surface area contributed by atoms with Crippen molar-refractivity contribution in [3.8, 4) is 11.3 Å². The van der Waals surface area contributed by atoms with E-state index in [-0.39, 0.29) is 0 Å². The number of rotatable bonds is 1. The van der Waals surface area contributed by atoms with Crippen LogP contribution in [0.5, 0.6) is 0 Å². The van der Waals surface area contributed by atoms with E-state index in [0.717, 1.165) is 26.8 Å². The number of fused-ring (bicyclic) bond motifs is 1. The summed E-state index contributed by atoms with van der Waals surface area (Å²) in [5, 5.41) is 1.11. The molecule has 2 aromatic heterocycles. The maximum Gasteiger partial charge on any atom is 0.117 e. The van der Waals surface area contributed by atoms with Crippen molar-refractivity contribution in [3.05, 3.63) is 53.5 Å². The van der Waals surface area contributed by atoms with Crippen molar-refractivity contribution >= 4 is 26.8 Å². The Labute approximate surface area is 107 Å². The number of benzene rings is 1. The van der Waals surface area contributed by atoms with Gasteiger partial charge >= 0.3 is 0 Å². The third-order valence-corrected chi connectivity index (χ3v) is 2.98. The molecule has 0 saturated heterocycles. The zero-order valence-corrected chi connectivity index (χ0v) is 10.4. The Bertz CT molecular complexity index is 677. The van der Waals surface area contributed by atoms with E-state index in [1.807, 2.05) is 36.4 Å². The minimum atomic E-state index is 0.774. The van der Waals surface area contributed by atoms with Crippen molar-refractivity contribution in [2.24, 2.45) is 0 Å². The van der Waals surface area contributed by atoms with Gasteiger partial charge < -0.3 is 0 Å². The molecule has 2 heterocycles. The van der Waals surface area contributed by atoms with E-state index in [1.165, 1.54) is 0 Å². The number of aromatic nitrogens is 3. The quantitative estimate of drug-likeness (QED) is 0.643. The van der Waals surface area contributed by atoms with E-state index in [9.17, 15) is 0 Å². The first kappa shape index (κ1) is 10.4. The molecule has 17 heavy (non-hydrogen) atoms. The Kier molecular flexibility index (Phi) is 2.57. The number of halogens is 1. The van der Waals surface area contributed by atoms with Crippen molar-refractivity contribution < 1.29 is 0 Å². The van der Waals surface area contributed by atoms with Crippen LogP contribution in [0.15, 0.2) is 53.5 Å². The lowest BCUT2D eigenvalue weighted by atomic mass is 10.1. The van der Waals surface area contributed by atoms with Crippen LogP contribution < -0.4 is 0 Å². The van der Waals surface area contributed by atoms with Gasteiger partial charge in [-0.3, -0.25) is 4.98 Å². The average molecular weight is 286 g/mol. The van der Waals surface area contributed by atoms with E-state index in [2.05, 4.69) is 30.9 Å². The molecule has 0 bridgehead atoms. The summed E-state index contributed by atoms with van der Waals surface area (Å²) in [4.78, 5) is 12.7. The van der Waals surface area contributed by atoms with Gasteiger partial charge in [0.15, 0.2) is 0 Å². The molecule has 4 heteroatoms. The van der Waals surface area contributed by atoms with E-state index in [4.69, 9.17) is 0 Å². The van der Waals surface area contributed by atoms with Crippen LogP contribution in [0.3, 0.4) is 0 Å². The summed E-state index contributed by atoms with van der Waals surface area (Å²) in [6.45, 7) is 0. The minimum absolute atomic E-state index is 0.774. The molecule has 0 atom stereocenters. The summed E-state index contributed by atoms with van der Waals surface area (Å²) in [5.74, 6) is 0. The second-order valence-electron chi connectivity index (χ2n) is 3.61. The number of nitrogens with zero attached hydrogens (tertiary/aromatic N) is 3. The molecule has 3 rings (SSSR count). The molecule has 0 aliphatic rings. The lowest BCUT2D eigenvalue weighted by Gasteiger charge is -2.04. The summed E-state index contributed by atoms with van der Waals surface area (Å²) >= 11 is 3.35. The summed E-state index contributed by atoms with van der Waals surface area (Å²) < 4.78 is 0.774. The smallest absolute Gasteiger partial charge is 0.117 e. The molecule has 0 fully saturated rings. The fourth-order valence-corrected chi connectivity index (χ4v) is 2.10. The maximum absolute atomic E-state index is 4.41.